The summed E-state index contributed by atoms with van der Waals surface area (Å²) in [5.74, 6) is 0.0192. The summed E-state index contributed by atoms with van der Waals surface area (Å²) in [6.07, 6.45) is 5.98. The highest BCUT2D eigenvalue weighted by Gasteiger charge is 2.40. The molecule has 0 aromatic carbocycles. The zero-order chi connectivity index (χ0) is 13.2. The van der Waals surface area contributed by atoms with Gasteiger partial charge in [0.1, 0.15) is 0 Å². The van der Waals surface area contributed by atoms with Crippen LogP contribution in [0.15, 0.2) is 0 Å². The van der Waals surface area contributed by atoms with E-state index in [0.29, 0.717) is 26.1 Å². The summed E-state index contributed by atoms with van der Waals surface area (Å²) in [6.45, 7) is 5.67. The molecule has 18 heavy (non-hydrogen) atoms. The minimum atomic E-state index is -0.716. The van der Waals surface area contributed by atoms with Crippen molar-refractivity contribution in [3.05, 3.63) is 0 Å². The molecule has 1 aliphatic heterocycles. The molecule has 3 N–H and O–H groups in total. The van der Waals surface area contributed by atoms with E-state index in [9.17, 15) is 4.79 Å². The molecule has 0 radical (unpaired) electrons. The quantitative estimate of drug-likeness (QED) is 0.786. The minimum Gasteiger partial charge on any atom is -0.381 e. The highest BCUT2D eigenvalue weighted by Crippen LogP contribution is 2.35. The van der Waals surface area contributed by atoms with E-state index in [-0.39, 0.29) is 17.4 Å². The van der Waals surface area contributed by atoms with E-state index in [1.807, 2.05) is 0 Å². The first kappa shape index (κ1) is 13.8. The molecular weight excluding hydrogens is 228 g/mol. The Kier molecular flexibility index (Phi) is 3.97. The molecule has 4 heteroatoms. The Balaban J connectivity index is 1.97. The lowest BCUT2D eigenvalue weighted by Gasteiger charge is -2.41. The average Bonchev–Trinajstić information content (AvgIpc) is 2.32. The number of carbonyl (C=O) groups is 1. The molecule has 1 saturated carbocycles. The number of hydrogen-bond acceptors (Lipinski definition) is 3. The second kappa shape index (κ2) is 5.17. The van der Waals surface area contributed by atoms with E-state index < -0.39 is 5.54 Å². The summed E-state index contributed by atoms with van der Waals surface area (Å²) in [5, 5.41) is 3.20. The molecule has 1 amide bonds. The van der Waals surface area contributed by atoms with Crippen LogP contribution in [0, 0.1) is 5.41 Å². The van der Waals surface area contributed by atoms with E-state index in [1.165, 1.54) is 19.3 Å². The number of nitrogens with two attached hydrogens (primary N) is 1. The normalized spacial score (nSPS) is 30.7. The fourth-order valence-electron chi connectivity index (χ4n) is 3.03. The van der Waals surface area contributed by atoms with Crippen LogP contribution in [0.5, 0.6) is 0 Å². The lowest BCUT2D eigenvalue weighted by Crippen LogP contribution is -2.60. The van der Waals surface area contributed by atoms with Crippen molar-refractivity contribution in [3.63, 3.8) is 0 Å². The highest BCUT2D eigenvalue weighted by atomic mass is 16.5. The largest absolute Gasteiger partial charge is 0.381 e. The van der Waals surface area contributed by atoms with Gasteiger partial charge < -0.3 is 15.8 Å². The van der Waals surface area contributed by atoms with Gasteiger partial charge in [-0.15, -0.1) is 0 Å². The summed E-state index contributed by atoms with van der Waals surface area (Å²) in [4.78, 5) is 12.4. The lowest BCUT2D eigenvalue weighted by molar-refractivity contribution is -0.131. The Morgan fingerprint density at radius 1 is 1.22 bits per heavy atom. The molecule has 2 aliphatic rings. The number of carbonyl (C=O) groups excluding carboxylic acids is 1. The SMILES string of the molecule is CC1(C)CCCCC1NC(=O)C1(N)CCOCC1. The van der Waals surface area contributed by atoms with E-state index in [1.54, 1.807) is 0 Å². The summed E-state index contributed by atoms with van der Waals surface area (Å²) in [5.41, 5.74) is 5.69. The Morgan fingerprint density at radius 2 is 1.89 bits per heavy atom. The number of ether oxygens (including phenoxy) is 1. The van der Waals surface area contributed by atoms with E-state index in [2.05, 4.69) is 19.2 Å². The molecule has 1 unspecified atom stereocenters. The van der Waals surface area contributed by atoms with Crippen molar-refractivity contribution >= 4 is 5.91 Å². The van der Waals surface area contributed by atoms with Gasteiger partial charge >= 0.3 is 0 Å². The van der Waals surface area contributed by atoms with Crippen molar-refractivity contribution in [2.75, 3.05) is 13.2 Å². The van der Waals surface area contributed by atoms with Gasteiger partial charge in [-0.05, 0) is 31.1 Å². The van der Waals surface area contributed by atoms with Crippen LogP contribution in [0.25, 0.3) is 0 Å². The van der Waals surface area contributed by atoms with Crippen molar-refractivity contribution in [1.82, 2.24) is 5.32 Å². The summed E-state index contributed by atoms with van der Waals surface area (Å²) >= 11 is 0. The van der Waals surface area contributed by atoms with Crippen LogP contribution in [0.3, 0.4) is 0 Å². The highest BCUT2D eigenvalue weighted by molar-refractivity contribution is 5.86. The van der Waals surface area contributed by atoms with Gasteiger partial charge in [-0.2, -0.15) is 0 Å². The van der Waals surface area contributed by atoms with Crippen LogP contribution < -0.4 is 11.1 Å². The van der Waals surface area contributed by atoms with Crippen LogP contribution in [0.4, 0.5) is 0 Å². The van der Waals surface area contributed by atoms with Crippen molar-refractivity contribution in [3.8, 4) is 0 Å². The van der Waals surface area contributed by atoms with Gasteiger partial charge in [0.25, 0.3) is 0 Å². The number of hydrogen-bond donors (Lipinski definition) is 2. The lowest BCUT2D eigenvalue weighted by atomic mass is 9.73. The maximum absolute atomic E-state index is 12.4. The third kappa shape index (κ3) is 2.86. The summed E-state index contributed by atoms with van der Waals surface area (Å²) < 4.78 is 5.29. The summed E-state index contributed by atoms with van der Waals surface area (Å²) in [6, 6.07) is 0.266. The van der Waals surface area contributed by atoms with Crippen LogP contribution in [-0.2, 0) is 9.53 Å². The first-order valence-corrected chi connectivity index (χ1v) is 7.12. The topological polar surface area (TPSA) is 64.4 Å². The van der Waals surface area contributed by atoms with Gasteiger partial charge in [-0.1, -0.05) is 26.7 Å². The molecule has 1 saturated heterocycles. The number of nitrogens with one attached hydrogen (secondary N) is 1. The summed E-state index contributed by atoms with van der Waals surface area (Å²) in [7, 11) is 0. The van der Waals surface area contributed by atoms with Gasteiger partial charge in [0, 0.05) is 19.3 Å². The Labute approximate surface area is 110 Å². The van der Waals surface area contributed by atoms with E-state index in [0.717, 1.165) is 6.42 Å². The zero-order valence-electron chi connectivity index (χ0n) is 11.6. The number of rotatable bonds is 2. The second-order valence-electron chi connectivity index (χ2n) is 6.53. The maximum atomic E-state index is 12.4. The molecule has 104 valence electrons. The van der Waals surface area contributed by atoms with E-state index >= 15 is 0 Å². The Bertz CT molecular complexity index is 309. The van der Waals surface area contributed by atoms with Crippen LogP contribution >= 0.6 is 0 Å². The van der Waals surface area contributed by atoms with E-state index in [4.69, 9.17) is 10.5 Å². The smallest absolute Gasteiger partial charge is 0.240 e. The first-order valence-electron chi connectivity index (χ1n) is 7.12. The standard InChI is InChI=1S/C14H26N2O2/c1-13(2)6-4-3-5-11(13)16-12(17)14(15)7-9-18-10-8-14/h11H,3-10,15H2,1-2H3,(H,16,17). The molecule has 1 heterocycles. The minimum absolute atomic E-state index is 0.0192. The fraction of sp³-hybridized carbons (Fsp3) is 0.929. The first-order chi connectivity index (χ1) is 8.44. The molecule has 2 fully saturated rings. The van der Waals surface area contributed by atoms with Gasteiger partial charge in [-0.25, -0.2) is 0 Å². The van der Waals surface area contributed by atoms with Crippen molar-refractivity contribution < 1.29 is 9.53 Å². The van der Waals surface area contributed by atoms with Gasteiger partial charge in [0.2, 0.25) is 5.91 Å². The van der Waals surface area contributed by atoms with Gasteiger partial charge in [0.05, 0.1) is 5.54 Å². The molecule has 0 bridgehead atoms. The van der Waals surface area contributed by atoms with Crippen molar-refractivity contribution in [2.24, 2.45) is 11.1 Å². The number of amides is 1. The van der Waals surface area contributed by atoms with Gasteiger partial charge in [0.15, 0.2) is 0 Å². The third-order valence-corrected chi connectivity index (χ3v) is 4.65. The van der Waals surface area contributed by atoms with Crippen LogP contribution in [-0.4, -0.2) is 30.7 Å². The molecule has 4 nitrogen and oxygen atoms in total. The van der Waals surface area contributed by atoms with Crippen molar-refractivity contribution in [1.29, 1.82) is 0 Å². The zero-order valence-corrected chi connectivity index (χ0v) is 11.6. The van der Waals surface area contributed by atoms with Crippen LogP contribution in [0.2, 0.25) is 0 Å². The molecule has 0 spiro atoms. The second-order valence-corrected chi connectivity index (χ2v) is 6.53. The predicted molar refractivity (Wildman–Crippen MR) is 71.2 cm³/mol. The van der Waals surface area contributed by atoms with Gasteiger partial charge in [-0.3, -0.25) is 4.79 Å². The molecule has 1 atom stereocenters. The maximum Gasteiger partial charge on any atom is 0.240 e. The fourth-order valence-corrected chi connectivity index (χ4v) is 3.03. The third-order valence-electron chi connectivity index (χ3n) is 4.65. The molecule has 1 aliphatic carbocycles. The monoisotopic (exact) mass is 254 g/mol. The Morgan fingerprint density at radius 3 is 2.50 bits per heavy atom. The molecule has 2 rings (SSSR count). The molecule has 0 aromatic rings. The average molecular weight is 254 g/mol. The molecular formula is C14H26N2O2. The molecule has 0 aromatic heterocycles. The van der Waals surface area contributed by atoms with Crippen molar-refractivity contribution in [2.45, 2.75) is 64.0 Å². The predicted octanol–water partition coefficient (Wildman–Crippen LogP) is 1.58. The van der Waals surface area contributed by atoms with Crippen LogP contribution in [0.1, 0.15) is 52.4 Å². The Hall–Kier alpha value is -0.610.